The molecule has 0 saturated carbocycles. The van der Waals surface area contributed by atoms with Crippen molar-refractivity contribution in [2.24, 2.45) is 11.5 Å². The van der Waals surface area contributed by atoms with Crippen LogP contribution in [-0.4, -0.2) is 128 Å². The Bertz CT molecular complexity index is 2330. The highest BCUT2D eigenvalue weighted by Crippen LogP contribution is 2.42. The SMILES string of the molecule is CN(C=O)CCCOc1c(NC=O)cc(C(F)(F)F)cc1NC(=O)CCCCN.COC(C)(C)C.Cc1cc(C(=O)Nc2cc(C(F)(F)F)cc(NC(=O)CCCCN)c2OCCCN(C)C(=O)OC(C)(C)C)ncn1. The lowest BCUT2D eigenvalue weighted by Crippen LogP contribution is -2.35. The molecule has 3 aromatic rings. The molecular formula is C50H74F6N10O10. The monoisotopic (exact) mass is 1090 g/mol. The van der Waals surface area contributed by atoms with E-state index in [2.05, 4.69) is 31.2 Å². The van der Waals surface area contributed by atoms with E-state index in [4.69, 9.17) is 30.4 Å². The van der Waals surface area contributed by atoms with Gasteiger partial charge in [0.15, 0.2) is 11.5 Å². The third-order valence-electron chi connectivity index (χ3n) is 9.88. The average Bonchev–Trinajstić information content (AvgIpc) is 3.31. The van der Waals surface area contributed by atoms with Crippen LogP contribution in [0.5, 0.6) is 11.5 Å². The van der Waals surface area contributed by atoms with E-state index >= 15 is 0 Å². The van der Waals surface area contributed by atoms with Gasteiger partial charge in [0.25, 0.3) is 5.91 Å². The van der Waals surface area contributed by atoms with Crippen LogP contribution in [0.1, 0.15) is 120 Å². The first-order valence-electron chi connectivity index (χ1n) is 24.1. The highest BCUT2D eigenvalue weighted by atomic mass is 19.4. The number of hydrogen-bond acceptors (Lipinski definition) is 14. The van der Waals surface area contributed by atoms with Crippen LogP contribution in [0, 0.1) is 6.92 Å². The van der Waals surface area contributed by atoms with E-state index in [1.54, 1.807) is 41.9 Å². The van der Waals surface area contributed by atoms with Gasteiger partial charge in [-0.15, -0.1) is 0 Å². The Kier molecular flexibility index (Phi) is 28.8. The van der Waals surface area contributed by atoms with Crippen LogP contribution in [0.3, 0.4) is 0 Å². The van der Waals surface area contributed by atoms with E-state index in [-0.39, 0.29) is 91.0 Å². The van der Waals surface area contributed by atoms with Crippen molar-refractivity contribution in [3.8, 4) is 11.5 Å². The summed E-state index contributed by atoms with van der Waals surface area (Å²) in [6.45, 7) is 14.2. The highest BCUT2D eigenvalue weighted by Gasteiger charge is 2.35. The topological polar surface area (TPSA) is 272 Å². The Hall–Kier alpha value is -6.80. The summed E-state index contributed by atoms with van der Waals surface area (Å²) < 4.78 is 103. The molecule has 0 unspecified atom stereocenters. The second-order valence-electron chi connectivity index (χ2n) is 18.9. The maximum atomic E-state index is 13.8. The van der Waals surface area contributed by atoms with Crippen LogP contribution in [0.25, 0.3) is 0 Å². The van der Waals surface area contributed by atoms with Crippen LogP contribution in [0.15, 0.2) is 36.7 Å². The van der Waals surface area contributed by atoms with E-state index in [0.29, 0.717) is 63.8 Å². The molecule has 0 fully saturated rings. The summed E-state index contributed by atoms with van der Waals surface area (Å²) in [6.07, 6.45) is -5.20. The minimum absolute atomic E-state index is 0.0233. The molecule has 0 aliphatic rings. The smallest absolute Gasteiger partial charge is 0.416 e. The van der Waals surface area contributed by atoms with Crippen LogP contribution in [-0.2, 0) is 41.0 Å². The number of nitrogens with one attached hydrogen (secondary N) is 4. The van der Waals surface area contributed by atoms with Crippen molar-refractivity contribution < 1.29 is 74.1 Å². The fourth-order valence-electron chi connectivity index (χ4n) is 5.84. The molecule has 2 aromatic carbocycles. The molecule has 1 aromatic heterocycles. The van der Waals surface area contributed by atoms with Crippen molar-refractivity contribution in [3.63, 3.8) is 0 Å². The number of nitrogens with two attached hydrogens (primary N) is 2. The summed E-state index contributed by atoms with van der Waals surface area (Å²) in [6, 6.07) is 4.32. The molecule has 0 aliphatic carbocycles. The number of hydrogen-bond donors (Lipinski definition) is 6. The van der Waals surface area contributed by atoms with Gasteiger partial charge in [-0.25, -0.2) is 14.8 Å². The van der Waals surface area contributed by atoms with Crippen LogP contribution in [0.2, 0.25) is 0 Å². The number of alkyl halides is 6. The number of halogens is 6. The minimum Gasteiger partial charge on any atom is -0.489 e. The molecule has 0 aliphatic heterocycles. The normalized spacial score (nSPS) is 11.3. The molecule has 6 amide bonds. The van der Waals surface area contributed by atoms with Gasteiger partial charge in [0.1, 0.15) is 17.6 Å². The van der Waals surface area contributed by atoms with Crippen molar-refractivity contribution in [2.75, 3.05) is 81.9 Å². The van der Waals surface area contributed by atoms with Crippen molar-refractivity contribution in [1.82, 2.24) is 19.8 Å². The summed E-state index contributed by atoms with van der Waals surface area (Å²) >= 11 is 0. The van der Waals surface area contributed by atoms with Crippen LogP contribution in [0.4, 0.5) is 53.9 Å². The number of nitrogens with zero attached hydrogens (tertiary/aromatic N) is 4. The molecule has 0 spiro atoms. The summed E-state index contributed by atoms with van der Waals surface area (Å²) in [5, 5.41) is 9.48. The molecule has 3 rings (SSSR count). The fraction of sp³-hybridized carbons (Fsp3) is 0.560. The highest BCUT2D eigenvalue weighted by molar-refractivity contribution is 6.05. The molecule has 0 radical (unpaired) electrons. The number of benzene rings is 2. The van der Waals surface area contributed by atoms with Gasteiger partial charge in [0, 0.05) is 52.8 Å². The number of carbonyl (C=O) groups is 6. The zero-order chi connectivity index (χ0) is 57.9. The maximum Gasteiger partial charge on any atom is 0.416 e. The number of anilines is 4. The fourth-order valence-corrected chi connectivity index (χ4v) is 5.84. The van der Waals surface area contributed by atoms with Gasteiger partial charge in [-0.05, 0) is 130 Å². The van der Waals surface area contributed by atoms with E-state index in [1.807, 2.05) is 20.8 Å². The van der Waals surface area contributed by atoms with E-state index < -0.39 is 52.9 Å². The Labute approximate surface area is 439 Å². The van der Waals surface area contributed by atoms with Gasteiger partial charge in [-0.1, -0.05) is 0 Å². The molecular weight excluding hydrogens is 1010 g/mol. The molecule has 0 bridgehead atoms. The predicted molar refractivity (Wildman–Crippen MR) is 275 cm³/mol. The Morgan fingerprint density at radius 1 is 0.645 bits per heavy atom. The van der Waals surface area contributed by atoms with E-state index in [9.17, 15) is 55.1 Å². The number of aryl methyl sites for hydroxylation is 1. The number of unbranched alkanes of at least 4 members (excludes halogenated alkanes) is 2. The van der Waals surface area contributed by atoms with Crippen molar-refractivity contribution in [2.45, 2.75) is 123 Å². The molecule has 426 valence electrons. The van der Waals surface area contributed by atoms with Gasteiger partial charge in [0.05, 0.1) is 52.7 Å². The van der Waals surface area contributed by atoms with Crippen molar-refractivity contribution in [3.05, 3.63) is 59.2 Å². The number of methoxy groups -OCH3 is 1. The Morgan fingerprint density at radius 2 is 1.09 bits per heavy atom. The number of aromatic nitrogens is 2. The predicted octanol–water partition coefficient (Wildman–Crippen LogP) is 8.39. The maximum absolute atomic E-state index is 13.8. The Balaban J connectivity index is 0.000000718. The quantitative estimate of drug-likeness (QED) is 0.0264. The minimum atomic E-state index is -4.79. The third kappa shape index (κ3) is 27.1. The summed E-state index contributed by atoms with van der Waals surface area (Å²) in [5.74, 6) is -2.11. The molecule has 0 saturated heterocycles. The molecule has 76 heavy (non-hydrogen) atoms. The summed E-state index contributed by atoms with van der Waals surface area (Å²) in [5.41, 5.74) is 7.41. The second kappa shape index (κ2) is 32.6. The first-order valence-corrected chi connectivity index (χ1v) is 24.1. The first kappa shape index (κ1) is 67.2. The zero-order valence-electron chi connectivity index (χ0n) is 44.8. The van der Waals surface area contributed by atoms with Crippen molar-refractivity contribution in [1.29, 1.82) is 0 Å². The summed E-state index contributed by atoms with van der Waals surface area (Å²) in [7, 11) is 4.81. The second-order valence-corrected chi connectivity index (χ2v) is 18.9. The lowest BCUT2D eigenvalue weighted by Gasteiger charge is -2.25. The number of amides is 6. The number of ether oxygens (including phenoxy) is 4. The molecule has 0 atom stereocenters. The third-order valence-corrected chi connectivity index (χ3v) is 9.88. The van der Waals surface area contributed by atoms with Gasteiger partial charge in [0.2, 0.25) is 24.6 Å². The number of carbonyl (C=O) groups excluding carboxylic acids is 6. The average molecular weight is 1090 g/mol. The molecule has 26 heteroatoms. The lowest BCUT2D eigenvalue weighted by atomic mass is 10.1. The summed E-state index contributed by atoms with van der Waals surface area (Å²) in [4.78, 5) is 81.7. The van der Waals surface area contributed by atoms with Gasteiger partial charge < -0.3 is 61.5 Å². The van der Waals surface area contributed by atoms with E-state index in [1.165, 1.54) is 22.9 Å². The molecule has 1 heterocycles. The standard InChI is InChI=1S/C27H37F3N6O5.C18H25F3N4O4.C5H12O/c1-17-13-21(33-16-32-17)24(38)35-20-15-18(27(28,29)30)14-19(34-22(37)9-6-7-10-31)23(20)40-12-8-11-36(5)25(39)41-26(2,3)4;1-25(12-27)7-4-8-29-17-14(23-11-26)9-13(18(19,20)21)10-15(17)24-16(28)5-2-3-6-22;1-5(2,3)6-4/h13-16H,6-12,31H2,1-5H3,(H,34,37)(H,35,38);9-12H,2-8,22H2,1H3,(H,23,26)(H,24,28);1-4H3. The van der Waals surface area contributed by atoms with E-state index in [0.717, 1.165) is 30.6 Å². The first-order chi connectivity index (χ1) is 35.4. The van der Waals surface area contributed by atoms with Gasteiger partial charge in [-0.2, -0.15) is 26.3 Å². The molecule has 8 N–H and O–H groups in total. The van der Waals surface area contributed by atoms with Crippen LogP contribution >= 0.6 is 0 Å². The van der Waals surface area contributed by atoms with Gasteiger partial charge >= 0.3 is 18.4 Å². The van der Waals surface area contributed by atoms with Crippen molar-refractivity contribution >= 4 is 59.4 Å². The zero-order valence-corrected chi connectivity index (χ0v) is 44.8. The van der Waals surface area contributed by atoms with Crippen LogP contribution < -0.4 is 42.2 Å². The Morgan fingerprint density at radius 3 is 1.50 bits per heavy atom. The van der Waals surface area contributed by atoms with Gasteiger partial charge in [-0.3, -0.25) is 24.0 Å². The number of rotatable bonds is 25. The molecule has 20 nitrogen and oxygen atoms in total. The lowest BCUT2D eigenvalue weighted by molar-refractivity contribution is -0.138. The largest absolute Gasteiger partial charge is 0.489 e.